The fraction of sp³-hybridized carbons (Fsp3) is 0.222. The second-order valence-corrected chi connectivity index (χ2v) is 11.1. The monoisotopic (exact) mass is 538 g/mol. The van der Waals surface area contributed by atoms with Crippen LogP contribution >= 0.6 is 11.6 Å². The van der Waals surface area contributed by atoms with E-state index in [-0.39, 0.29) is 17.5 Å². The summed E-state index contributed by atoms with van der Waals surface area (Å²) in [5.41, 5.74) is 10.3. The van der Waals surface area contributed by atoms with Crippen LogP contribution in [0.25, 0.3) is 0 Å². The summed E-state index contributed by atoms with van der Waals surface area (Å²) in [5.74, 6) is -0.436. The molecule has 0 aliphatic rings. The average molecular weight is 539 g/mol. The maximum atomic E-state index is 13.5. The molecular weight excluding hydrogens is 512 g/mol. The number of sulfone groups is 1. The lowest BCUT2D eigenvalue weighted by atomic mass is 10.1. The molecule has 0 bridgehead atoms. The summed E-state index contributed by atoms with van der Waals surface area (Å²) in [5, 5.41) is 8.76. The van der Waals surface area contributed by atoms with Gasteiger partial charge in [0.05, 0.1) is 31.0 Å². The molecule has 1 heterocycles. The molecule has 1 atom stereocenters. The standard InChI is InChI=1S/C27H27ClN4O4S/c1-18-3-5-20(6-4-18)16-32-25(24(29)15-19-9-13-23(28)14-10-19)30-31-27(32)37(34,35)17-21-7-11-22(12-8-21)26(33)36-2/h3-14,24H,15-17,29H2,1-2H3. The van der Waals surface area contributed by atoms with Crippen molar-refractivity contribution in [2.24, 2.45) is 5.73 Å². The molecule has 0 spiro atoms. The largest absolute Gasteiger partial charge is 0.465 e. The Morgan fingerprint density at radius 2 is 1.54 bits per heavy atom. The molecule has 0 fully saturated rings. The molecule has 0 aliphatic carbocycles. The lowest BCUT2D eigenvalue weighted by molar-refractivity contribution is 0.0600. The van der Waals surface area contributed by atoms with E-state index < -0.39 is 21.8 Å². The number of nitrogens with two attached hydrogens (primary N) is 1. The number of hydrogen-bond donors (Lipinski definition) is 1. The van der Waals surface area contributed by atoms with Crippen molar-refractivity contribution in [3.05, 3.63) is 111 Å². The smallest absolute Gasteiger partial charge is 0.337 e. The molecule has 1 aromatic heterocycles. The first kappa shape index (κ1) is 26.5. The number of esters is 1. The van der Waals surface area contributed by atoms with E-state index in [9.17, 15) is 13.2 Å². The minimum atomic E-state index is -3.90. The molecule has 4 rings (SSSR count). The Hall–Kier alpha value is -3.53. The van der Waals surface area contributed by atoms with Crippen molar-refractivity contribution < 1.29 is 17.9 Å². The summed E-state index contributed by atoms with van der Waals surface area (Å²) in [6.45, 7) is 2.23. The van der Waals surface area contributed by atoms with Crippen LogP contribution in [0.4, 0.5) is 0 Å². The highest BCUT2D eigenvalue weighted by Gasteiger charge is 2.28. The third-order valence-electron chi connectivity index (χ3n) is 5.92. The molecule has 3 aromatic carbocycles. The zero-order valence-corrected chi connectivity index (χ0v) is 22.0. The maximum Gasteiger partial charge on any atom is 0.337 e. The predicted octanol–water partition coefficient (Wildman–Crippen LogP) is 4.29. The normalized spacial score (nSPS) is 12.3. The predicted molar refractivity (Wildman–Crippen MR) is 141 cm³/mol. The van der Waals surface area contributed by atoms with Gasteiger partial charge in [-0.2, -0.15) is 0 Å². The molecule has 2 N–H and O–H groups in total. The third-order valence-corrected chi connectivity index (χ3v) is 7.74. The lowest BCUT2D eigenvalue weighted by Gasteiger charge is -2.16. The third kappa shape index (κ3) is 6.43. The lowest BCUT2D eigenvalue weighted by Crippen LogP contribution is -2.22. The first-order chi connectivity index (χ1) is 17.7. The van der Waals surface area contributed by atoms with Gasteiger partial charge in [0.1, 0.15) is 0 Å². The Morgan fingerprint density at radius 3 is 2.16 bits per heavy atom. The van der Waals surface area contributed by atoms with Crippen molar-refractivity contribution >= 4 is 27.4 Å². The van der Waals surface area contributed by atoms with E-state index in [1.807, 2.05) is 43.3 Å². The van der Waals surface area contributed by atoms with Crippen molar-refractivity contribution in [3.63, 3.8) is 0 Å². The number of nitrogens with zero attached hydrogens (tertiary/aromatic N) is 3. The first-order valence-electron chi connectivity index (χ1n) is 11.5. The Morgan fingerprint density at radius 1 is 0.946 bits per heavy atom. The zero-order chi connectivity index (χ0) is 26.6. The number of carbonyl (C=O) groups excluding carboxylic acids is 1. The highest BCUT2D eigenvalue weighted by atomic mass is 35.5. The SMILES string of the molecule is COC(=O)c1ccc(CS(=O)(=O)c2nnc(C(N)Cc3ccc(Cl)cc3)n2Cc2ccc(C)cc2)cc1. The van der Waals surface area contributed by atoms with Crippen LogP contribution in [0.15, 0.2) is 78.0 Å². The van der Waals surface area contributed by atoms with Gasteiger partial charge in [0, 0.05) is 5.02 Å². The summed E-state index contributed by atoms with van der Waals surface area (Å²) in [7, 11) is -2.61. The maximum absolute atomic E-state index is 13.5. The molecule has 10 heteroatoms. The summed E-state index contributed by atoms with van der Waals surface area (Å²) in [6, 6.07) is 20.7. The summed E-state index contributed by atoms with van der Waals surface area (Å²) < 4.78 is 33.3. The number of aromatic nitrogens is 3. The summed E-state index contributed by atoms with van der Waals surface area (Å²) in [4.78, 5) is 11.7. The van der Waals surface area contributed by atoms with E-state index in [0.717, 1.165) is 16.7 Å². The van der Waals surface area contributed by atoms with Crippen molar-refractivity contribution in [3.8, 4) is 0 Å². The van der Waals surface area contributed by atoms with Gasteiger partial charge in [-0.1, -0.05) is 65.7 Å². The summed E-state index contributed by atoms with van der Waals surface area (Å²) >= 11 is 6.00. The van der Waals surface area contributed by atoms with Gasteiger partial charge >= 0.3 is 5.97 Å². The molecule has 37 heavy (non-hydrogen) atoms. The number of aryl methyl sites for hydroxylation is 1. The van der Waals surface area contributed by atoms with Crippen LogP contribution in [0.1, 0.15) is 44.5 Å². The zero-order valence-electron chi connectivity index (χ0n) is 20.5. The van der Waals surface area contributed by atoms with Gasteiger partial charge in [-0.15, -0.1) is 10.2 Å². The van der Waals surface area contributed by atoms with Gasteiger partial charge in [0.2, 0.25) is 15.0 Å². The van der Waals surface area contributed by atoms with E-state index in [2.05, 4.69) is 10.2 Å². The van der Waals surface area contributed by atoms with Crippen LogP contribution in [-0.2, 0) is 33.3 Å². The van der Waals surface area contributed by atoms with Crippen LogP contribution in [-0.4, -0.2) is 36.3 Å². The molecule has 0 aliphatic heterocycles. The van der Waals surface area contributed by atoms with E-state index in [1.165, 1.54) is 19.2 Å². The molecule has 0 radical (unpaired) electrons. The van der Waals surface area contributed by atoms with Crippen molar-refractivity contribution in [2.45, 2.75) is 36.8 Å². The quantitative estimate of drug-likeness (QED) is 0.316. The van der Waals surface area contributed by atoms with Crippen LogP contribution in [0.2, 0.25) is 5.02 Å². The summed E-state index contributed by atoms with van der Waals surface area (Å²) in [6.07, 6.45) is 0.429. The number of halogens is 1. The van der Waals surface area contributed by atoms with Crippen molar-refractivity contribution in [1.82, 2.24) is 14.8 Å². The fourth-order valence-electron chi connectivity index (χ4n) is 3.93. The number of carbonyl (C=O) groups is 1. The number of benzene rings is 3. The number of rotatable bonds is 9. The topological polar surface area (TPSA) is 117 Å². The van der Waals surface area contributed by atoms with E-state index in [1.54, 1.807) is 28.8 Å². The average Bonchev–Trinajstić information content (AvgIpc) is 3.31. The Kier molecular flexibility index (Phi) is 8.06. The number of methoxy groups -OCH3 is 1. The molecular formula is C27H27ClN4O4S. The first-order valence-corrected chi connectivity index (χ1v) is 13.6. The Bertz CT molecular complexity index is 1480. The minimum Gasteiger partial charge on any atom is -0.465 e. The molecule has 0 saturated heterocycles. The van der Waals surface area contributed by atoms with Gasteiger partial charge in [-0.3, -0.25) is 4.57 Å². The molecule has 0 saturated carbocycles. The van der Waals surface area contributed by atoms with Crippen LogP contribution in [0, 0.1) is 6.92 Å². The van der Waals surface area contributed by atoms with E-state index in [0.29, 0.717) is 28.4 Å². The van der Waals surface area contributed by atoms with Crippen molar-refractivity contribution in [1.29, 1.82) is 0 Å². The highest BCUT2D eigenvalue weighted by Crippen LogP contribution is 2.23. The van der Waals surface area contributed by atoms with Gasteiger partial charge in [0.25, 0.3) is 0 Å². The molecule has 192 valence electrons. The van der Waals surface area contributed by atoms with Gasteiger partial charge < -0.3 is 10.5 Å². The molecule has 0 amide bonds. The van der Waals surface area contributed by atoms with Gasteiger partial charge in [0.15, 0.2) is 5.82 Å². The Labute approximate surface area is 221 Å². The number of hydrogen-bond acceptors (Lipinski definition) is 7. The molecule has 8 nitrogen and oxygen atoms in total. The van der Waals surface area contributed by atoms with Crippen molar-refractivity contribution in [2.75, 3.05) is 7.11 Å². The van der Waals surface area contributed by atoms with Gasteiger partial charge in [-0.25, -0.2) is 13.2 Å². The molecule has 1 unspecified atom stereocenters. The number of ether oxygens (including phenoxy) is 1. The van der Waals surface area contributed by atoms with E-state index in [4.69, 9.17) is 22.1 Å². The van der Waals surface area contributed by atoms with Crippen LogP contribution < -0.4 is 5.73 Å². The minimum absolute atomic E-state index is 0.160. The second-order valence-electron chi connectivity index (χ2n) is 8.80. The molecule has 4 aromatic rings. The van der Waals surface area contributed by atoms with Crippen LogP contribution in [0.5, 0.6) is 0 Å². The second kappa shape index (κ2) is 11.2. The highest BCUT2D eigenvalue weighted by molar-refractivity contribution is 7.90. The van der Waals surface area contributed by atoms with Gasteiger partial charge in [-0.05, 0) is 54.3 Å². The Balaban J connectivity index is 1.67. The van der Waals surface area contributed by atoms with Crippen LogP contribution in [0.3, 0.4) is 0 Å². The fourth-order valence-corrected chi connectivity index (χ4v) is 5.48. The van der Waals surface area contributed by atoms with E-state index >= 15 is 0 Å².